The zero-order chi connectivity index (χ0) is 15.5. The van der Waals surface area contributed by atoms with Crippen molar-refractivity contribution in [3.05, 3.63) is 0 Å². The lowest BCUT2D eigenvalue weighted by Gasteiger charge is -2.37. The highest BCUT2D eigenvalue weighted by atomic mass is 16.5. The fraction of sp³-hybridized carbons (Fsp3) is 0.875. The van der Waals surface area contributed by atoms with E-state index in [1.807, 2.05) is 4.90 Å². The molecule has 0 spiro atoms. The minimum absolute atomic E-state index is 0.00132. The summed E-state index contributed by atoms with van der Waals surface area (Å²) in [6.07, 6.45) is 3.89. The van der Waals surface area contributed by atoms with Gasteiger partial charge in [-0.1, -0.05) is 0 Å². The number of hydrogen-bond acceptors (Lipinski definition) is 4. The predicted octanol–water partition coefficient (Wildman–Crippen LogP) is 0.0818. The number of nitrogens with one attached hydrogen (secondary N) is 1. The molecule has 3 fully saturated rings. The summed E-state index contributed by atoms with van der Waals surface area (Å²) >= 11 is 0. The molecule has 2 amide bonds. The van der Waals surface area contributed by atoms with Crippen molar-refractivity contribution in [1.82, 2.24) is 15.1 Å². The van der Waals surface area contributed by atoms with E-state index in [1.54, 1.807) is 0 Å². The molecule has 2 aliphatic heterocycles. The highest BCUT2D eigenvalue weighted by Crippen LogP contribution is 2.29. The van der Waals surface area contributed by atoms with E-state index in [-0.39, 0.29) is 23.8 Å². The van der Waals surface area contributed by atoms with Gasteiger partial charge in [-0.3, -0.25) is 9.59 Å². The lowest BCUT2D eigenvalue weighted by molar-refractivity contribution is -0.146. The van der Waals surface area contributed by atoms with Gasteiger partial charge in [0.15, 0.2) is 0 Å². The van der Waals surface area contributed by atoms with Gasteiger partial charge in [-0.05, 0) is 32.2 Å². The zero-order valence-corrected chi connectivity index (χ0v) is 13.4. The summed E-state index contributed by atoms with van der Waals surface area (Å²) in [6.45, 7) is 4.55. The van der Waals surface area contributed by atoms with E-state index < -0.39 is 0 Å². The molecule has 0 aromatic carbocycles. The van der Waals surface area contributed by atoms with E-state index >= 15 is 0 Å². The Labute approximate surface area is 132 Å². The Morgan fingerprint density at radius 1 is 1.36 bits per heavy atom. The summed E-state index contributed by atoms with van der Waals surface area (Å²) in [5, 5.41) is 2.79. The minimum Gasteiger partial charge on any atom is -0.373 e. The average molecular weight is 309 g/mol. The summed E-state index contributed by atoms with van der Waals surface area (Å²) in [6, 6.07) is 0. The molecule has 6 heteroatoms. The second-order valence-corrected chi connectivity index (χ2v) is 6.98. The van der Waals surface area contributed by atoms with Crippen LogP contribution in [0.1, 0.15) is 25.7 Å². The monoisotopic (exact) mass is 309 g/mol. The summed E-state index contributed by atoms with van der Waals surface area (Å²) in [7, 11) is 2.13. The van der Waals surface area contributed by atoms with E-state index in [2.05, 4.69) is 17.3 Å². The molecule has 0 bridgehead atoms. The first-order chi connectivity index (χ1) is 10.6. The van der Waals surface area contributed by atoms with Crippen LogP contribution in [0.5, 0.6) is 0 Å². The lowest BCUT2D eigenvalue weighted by atomic mass is 9.95. The molecule has 6 nitrogen and oxygen atoms in total. The highest BCUT2D eigenvalue weighted by Gasteiger charge is 2.33. The van der Waals surface area contributed by atoms with E-state index in [4.69, 9.17) is 4.74 Å². The van der Waals surface area contributed by atoms with Crippen molar-refractivity contribution in [2.45, 2.75) is 31.8 Å². The van der Waals surface area contributed by atoms with Crippen LogP contribution in [0, 0.1) is 11.8 Å². The Morgan fingerprint density at radius 3 is 2.91 bits per heavy atom. The first-order valence-corrected chi connectivity index (χ1v) is 8.47. The molecule has 124 valence electrons. The number of morpholine rings is 1. The van der Waals surface area contributed by atoms with Crippen LogP contribution in [0.15, 0.2) is 0 Å². The van der Waals surface area contributed by atoms with Crippen LogP contribution in [0.4, 0.5) is 0 Å². The third-order valence-corrected chi connectivity index (χ3v) is 4.83. The molecule has 2 saturated heterocycles. The predicted molar refractivity (Wildman–Crippen MR) is 82.3 cm³/mol. The third kappa shape index (κ3) is 4.20. The molecule has 22 heavy (non-hydrogen) atoms. The fourth-order valence-corrected chi connectivity index (χ4v) is 3.45. The Balaban J connectivity index is 1.48. The first kappa shape index (κ1) is 15.7. The maximum absolute atomic E-state index is 12.6. The molecule has 0 aromatic heterocycles. The summed E-state index contributed by atoms with van der Waals surface area (Å²) in [4.78, 5) is 28.3. The second kappa shape index (κ2) is 6.96. The molecule has 0 radical (unpaired) electrons. The first-order valence-electron chi connectivity index (χ1n) is 8.47. The van der Waals surface area contributed by atoms with E-state index in [0.717, 1.165) is 25.4 Å². The summed E-state index contributed by atoms with van der Waals surface area (Å²) in [5.74, 6) is 0.857. The summed E-state index contributed by atoms with van der Waals surface area (Å²) in [5.41, 5.74) is 0. The van der Waals surface area contributed by atoms with E-state index in [0.29, 0.717) is 32.7 Å². The molecular weight excluding hydrogens is 282 g/mol. The molecule has 1 N–H and O–H groups in total. The Bertz CT molecular complexity index is 425. The molecule has 2 unspecified atom stereocenters. The highest BCUT2D eigenvalue weighted by molar-refractivity contribution is 5.87. The van der Waals surface area contributed by atoms with Crippen LogP contribution >= 0.6 is 0 Å². The van der Waals surface area contributed by atoms with Crippen molar-refractivity contribution in [3.8, 4) is 0 Å². The Kier molecular flexibility index (Phi) is 4.98. The van der Waals surface area contributed by atoms with Gasteiger partial charge in [0.2, 0.25) is 11.8 Å². The van der Waals surface area contributed by atoms with Crippen molar-refractivity contribution < 1.29 is 14.3 Å². The SMILES string of the molecule is CN(CC1CC1)CC1CN(C(=O)C2CCNC(=O)C2)CCO1. The van der Waals surface area contributed by atoms with Gasteiger partial charge in [-0.25, -0.2) is 0 Å². The largest absolute Gasteiger partial charge is 0.373 e. The number of likely N-dealkylation sites (N-methyl/N-ethyl adjacent to an activating group) is 1. The van der Waals surface area contributed by atoms with Gasteiger partial charge in [0.25, 0.3) is 0 Å². The van der Waals surface area contributed by atoms with Crippen molar-refractivity contribution in [3.63, 3.8) is 0 Å². The minimum atomic E-state index is -0.142. The quantitative estimate of drug-likeness (QED) is 0.781. The average Bonchev–Trinajstić information content (AvgIpc) is 3.30. The van der Waals surface area contributed by atoms with Gasteiger partial charge in [-0.15, -0.1) is 0 Å². The second-order valence-electron chi connectivity index (χ2n) is 6.98. The van der Waals surface area contributed by atoms with Gasteiger partial charge >= 0.3 is 0 Å². The standard InChI is InChI=1S/C16H27N3O3/c1-18(9-12-2-3-12)10-14-11-19(6-7-22-14)16(21)13-4-5-17-15(20)8-13/h12-14H,2-11H2,1H3,(H,17,20). The molecule has 1 aliphatic carbocycles. The smallest absolute Gasteiger partial charge is 0.226 e. The number of carbonyl (C=O) groups excluding carboxylic acids is 2. The van der Waals surface area contributed by atoms with Gasteiger partial charge < -0.3 is 19.9 Å². The number of piperidine rings is 1. The number of nitrogens with zero attached hydrogens (tertiary/aromatic N) is 2. The number of rotatable bonds is 5. The molecule has 3 rings (SSSR count). The maximum Gasteiger partial charge on any atom is 0.226 e. The lowest BCUT2D eigenvalue weighted by Crippen LogP contribution is -2.52. The third-order valence-electron chi connectivity index (χ3n) is 4.83. The van der Waals surface area contributed by atoms with Gasteiger partial charge in [0.1, 0.15) is 0 Å². The number of amides is 2. The number of ether oxygens (including phenoxy) is 1. The molecule has 1 saturated carbocycles. The van der Waals surface area contributed by atoms with Crippen molar-refractivity contribution >= 4 is 11.8 Å². The molecular formula is C16H27N3O3. The van der Waals surface area contributed by atoms with Crippen LogP contribution in [-0.4, -0.2) is 74.1 Å². The number of hydrogen-bond donors (Lipinski definition) is 1. The molecule has 0 aromatic rings. The maximum atomic E-state index is 12.6. The van der Waals surface area contributed by atoms with Crippen LogP contribution < -0.4 is 5.32 Å². The zero-order valence-electron chi connectivity index (χ0n) is 13.4. The van der Waals surface area contributed by atoms with E-state index in [1.165, 1.54) is 12.8 Å². The Hall–Kier alpha value is -1.14. The van der Waals surface area contributed by atoms with E-state index in [9.17, 15) is 9.59 Å². The Morgan fingerprint density at radius 2 is 2.18 bits per heavy atom. The summed E-state index contributed by atoms with van der Waals surface area (Å²) < 4.78 is 5.82. The fourth-order valence-electron chi connectivity index (χ4n) is 3.45. The van der Waals surface area contributed by atoms with Gasteiger partial charge in [0.05, 0.1) is 12.7 Å². The van der Waals surface area contributed by atoms with Crippen molar-refractivity contribution in [2.75, 3.05) is 46.4 Å². The van der Waals surface area contributed by atoms with Gasteiger partial charge in [-0.2, -0.15) is 0 Å². The normalized spacial score (nSPS) is 29.5. The van der Waals surface area contributed by atoms with Crippen LogP contribution in [-0.2, 0) is 14.3 Å². The van der Waals surface area contributed by atoms with Crippen LogP contribution in [0.3, 0.4) is 0 Å². The number of carbonyl (C=O) groups is 2. The van der Waals surface area contributed by atoms with Crippen LogP contribution in [0.2, 0.25) is 0 Å². The van der Waals surface area contributed by atoms with Crippen molar-refractivity contribution in [1.29, 1.82) is 0 Å². The topological polar surface area (TPSA) is 61.9 Å². The molecule has 2 atom stereocenters. The van der Waals surface area contributed by atoms with Gasteiger partial charge in [0, 0.05) is 45.1 Å². The van der Waals surface area contributed by atoms with Crippen LogP contribution in [0.25, 0.3) is 0 Å². The van der Waals surface area contributed by atoms with Crippen molar-refractivity contribution in [2.24, 2.45) is 11.8 Å². The molecule has 2 heterocycles. The molecule has 3 aliphatic rings.